The molecule has 0 aliphatic heterocycles. The summed E-state index contributed by atoms with van der Waals surface area (Å²) in [5.41, 5.74) is 0.284. The van der Waals surface area contributed by atoms with Crippen LogP contribution in [0.25, 0.3) is 0 Å². The van der Waals surface area contributed by atoms with E-state index in [0.717, 1.165) is 0 Å². The van der Waals surface area contributed by atoms with Gasteiger partial charge in [-0.15, -0.1) is 0 Å². The van der Waals surface area contributed by atoms with E-state index in [1.54, 1.807) is 0 Å². The maximum atomic E-state index is 10.7. The fourth-order valence-electron chi connectivity index (χ4n) is 1.40. The van der Waals surface area contributed by atoms with E-state index < -0.39 is 11.9 Å². The van der Waals surface area contributed by atoms with Crippen molar-refractivity contribution in [3.63, 3.8) is 0 Å². The van der Waals surface area contributed by atoms with Crippen LogP contribution >= 0.6 is 0 Å². The third-order valence-electron chi connectivity index (χ3n) is 2.44. The molecule has 0 heterocycles. The fourth-order valence-corrected chi connectivity index (χ4v) is 1.40. The van der Waals surface area contributed by atoms with E-state index >= 15 is 0 Å². The van der Waals surface area contributed by atoms with Crippen molar-refractivity contribution in [3.8, 4) is 11.5 Å². The summed E-state index contributed by atoms with van der Waals surface area (Å²) >= 11 is 0. The molecule has 0 saturated carbocycles. The van der Waals surface area contributed by atoms with Gasteiger partial charge in [0.05, 0.1) is 11.1 Å². The van der Waals surface area contributed by atoms with Gasteiger partial charge in [0.2, 0.25) is 0 Å². The molecule has 6 heteroatoms. The molecule has 2 aromatic rings. The maximum absolute atomic E-state index is 10.7. The lowest BCUT2D eigenvalue weighted by Gasteiger charge is -2.06. The van der Waals surface area contributed by atoms with Crippen molar-refractivity contribution in [1.29, 1.82) is 0 Å². The normalized spacial score (nSPS) is 9.80. The highest BCUT2D eigenvalue weighted by molar-refractivity contribution is 5.88. The average Bonchev–Trinajstić information content (AvgIpc) is 2.46. The summed E-state index contributed by atoms with van der Waals surface area (Å²) in [7, 11) is 0. The quantitative estimate of drug-likeness (QED) is 0.642. The van der Waals surface area contributed by atoms with E-state index in [4.69, 9.17) is 20.0 Å². The summed E-state index contributed by atoms with van der Waals surface area (Å²) in [6.45, 7) is 0. The van der Waals surface area contributed by atoms with Gasteiger partial charge in [0.25, 0.3) is 0 Å². The molecule has 2 aromatic carbocycles. The Morgan fingerprint density at radius 2 is 0.950 bits per heavy atom. The van der Waals surface area contributed by atoms with Gasteiger partial charge in [0.15, 0.2) is 11.5 Å². The molecule has 0 aromatic heterocycles. The summed E-state index contributed by atoms with van der Waals surface area (Å²) in [5.74, 6) is -1.39. The molecule has 2 rings (SSSR count). The molecule has 0 fully saturated rings. The summed E-state index contributed by atoms with van der Waals surface area (Å²) in [5, 5.41) is 17.5. The van der Waals surface area contributed by atoms with E-state index in [-0.39, 0.29) is 11.1 Å². The van der Waals surface area contributed by atoms with Crippen LogP contribution in [-0.2, 0) is 0 Å². The van der Waals surface area contributed by atoms with Gasteiger partial charge >= 0.3 is 11.9 Å². The van der Waals surface area contributed by atoms with Crippen molar-refractivity contribution in [1.82, 2.24) is 0 Å². The van der Waals surface area contributed by atoms with Gasteiger partial charge in [-0.1, -0.05) is 0 Å². The lowest BCUT2D eigenvalue weighted by Crippen LogP contribution is -2.02. The van der Waals surface area contributed by atoms with E-state index in [0.29, 0.717) is 11.5 Å². The molecule has 102 valence electrons. The van der Waals surface area contributed by atoms with Gasteiger partial charge in [-0.05, 0) is 48.5 Å². The number of carbonyl (C=O) groups is 2. The first-order chi connectivity index (χ1) is 9.56. The number of hydrogen-bond acceptors (Lipinski definition) is 4. The molecule has 0 aliphatic carbocycles. The Kier molecular flexibility index (Phi) is 3.85. The van der Waals surface area contributed by atoms with Crippen LogP contribution in [0.3, 0.4) is 0 Å². The molecule has 0 spiro atoms. The van der Waals surface area contributed by atoms with Crippen molar-refractivity contribution in [2.24, 2.45) is 0 Å². The number of hydrogen-bond donors (Lipinski definition) is 2. The molecule has 0 aliphatic rings. The Hall–Kier alpha value is -3.02. The number of carboxylic acid groups (broad SMARTS) is 2. The lowest BCUT2D eigenvalue weighted by atomic mass is 10.2. The smallest absolute Gasteiger partial charge is 0.335 e. The topological polar surface area (TPSA) is 93.1 Å². The molecular weight excluding hydrogens is 264 g/mol. The van der Waals surface area contributed by atoms with Crippen molar-refractivity contribution < 1.29 is 29.6 Å². The second kappa shape index (κ2) is 5.75. The standard InChI is InChI=1S/C14H10O6/c15-13(16)9-1-5-11(6-2-9)19-20-12-7-3-10(4-8-12)14(17)18/h1-8H,(H,15,16)(H,17,18). The minimum absolute atomic E-state index is 0.142. The van der Waals surface area contributed by atoms with Gasteiger partial charge in [-0.2, -0.15) is 0 Å². The lowest BCUT2D eigenvalue weighted by molar-refractivity contribution is -0.0999. The second-order valence-corrected chi connectivity index (χ2v) is 3.83. The van der Waals surface area contributed by atoms with Gasteiger partial charge in [0.1, 0.15) is 0 Å². The van der Waals surface area contributed by atoms with Crippen molar-refractivity contribution in [2.45, 2.75) is 0 Å². The van der Waals surface area contributed by atoms with E-state index in [1.807, 2.05) is 0 Å². The molecule has 2 N–H and O–H groups in total. The van der Waals surface area contributed by atoms with Crippen molar-refractivity contribution in [3.05, 3.63) is 59.7 Å². The molecule has 6 nitrogen and oxygen atoms in total. The average molecular weight is 274 g/mol. The molecule has 0 bridgehead atoms. The van der Waals surface area contributed by atoms with Gasteiger partial charge < -0.3 is 10.2 Å². The van der Waals surface area contributed by atoms with Gasteiger partial charge in [0, 0.05) is 0 Å². The highest BCUT2D eigenvalue weighted by atomic mass is 17.2. The first-order valence-electron chi connectivity index (χ1n) is 5.57. The Balaban J connectivity index is 1.97. The first-order valence-corrected chi connectivity index (χ1v) is 5.57. The SMILES string of the molecule is O=C(O)c1ccc(OOc2ccc(C(=O)O)cc2)cc1. The minimum atomic E-state index is -1.03. The largest absolute Gasteiger partial charge is 0.478 e. The summed E-state index contributed by atoms with van der Waals surface area (Å²) in [4.78, 5) is 31.3. The van der Waals surface area contributed by atoms with Crippen LogP contribution in [0.2, 0.25) is 0 Å². The van der Waals surface area contributed by atoms with E-state index in [2.05, 4.69) is 0 Å². The predicted molar refractivity (Wildman–Crippen MR) is 68.1 cm³/mol. The minimum Gasteiger partial charge on any atom is -0.478 e. The van der Waals surface area contributed by atoms with Crippen LogP contribution in [0.15, 0.2) is 48.5 Å². The molecule has 0 unspecified atom stereocenters. The Morgan fingerprint density at radius 1 is 0.650 bits per heavy atom. The van der Waals surface area contributed by atoms with Crippen LogP contribution in [0, 0.1) is 0 Å². The third-order valence-corrected chi connectivity index (χ3v) is 2.44. The zero-order valence-corrected chi connectivity index (χ0v) is 10.1. The fraction of sp³-hybridized carbons (Fsp3) is 0. The first kappa shape index (κ1) is 13.4. The number of rotatable bonds is 5. The summed E-state index contributed by atoms with van der Waals surface area (Å²) < 4.78 is 0. The summed E-state index contributed by atoms with van der Waals surface area (Å²) in [6.07, 6.45) is 0. The summed E-state index contributed by atoms with van der Waals surface area (Å²) in [6, 6.07) is 11.3. The molecule has 0 radical (unpaired) electrons. The molecule has 0 saturated heterocycles. The van der Waals surface area contributed by atoms with Crippen LogP contribution in [-0.4, -0.2) is 22.2 Å². The van der Waals surface area contributed by atoms with Crippen molar-refractivity contribution in [2.75, 3.05) is 0 Å². The van der Waals surface area contributed by atoms with Gasteiger partial charge in [-0.3, -0.25) is 9.78 Å². The third kappa shape index (κ3) is 3.26. The molecule has 20 heavy (non-hydrogen) atoms. The maximum Gasteiger partial charge on any atom is 0.335 e. The zero-order chi connectivity index (χ0) is 14.5. The molecule has 0 amide bonds. The second-order valence-electron chi connectivity index (χ2n) is 3.83. The highest BCUT2D eigenvalue weighted by Crippen LogP contribution is 2.16. The number of aromatic carboxylic acids is 2. The molecule has 0 atom stereocenters. The predicted octanol–water partition coefficient (Wildman–Crippen LogP) is 2.46. The van der Waals surface area contributed by atoms with Crippen LogP contribution < -0.4 is 9.78 Å². The zero-order valence-electron chi connectivity index (χ0n) is 10.1. The Bertz CT molecular complexity index is 558. The monoisotopic (exact) mass is 274 g/mol. The highest BCUT2D eigenvalue weighted by Gasteiger charge is 2.05. The Labute approximate surface area is 113 Å². The van der Waals surface area contributed by atoms with E-state index in [1.165, 1.54) is 48.5 Å². The Morgan fingerprint density at radius 3 is 1.20 bits per heavy atom. The van der Waals surface area contributed by atoms with Crippen LogP contribution in [0.1, 0.15) is 20.7 Å². The molecular formula is C14H10O6. The van der Waals surface area contributed by atoms with Gasteiger partial charge in [-0.25, -0.2) is 9.59 Å². The van der Waals surface area contributed by atoms with Crippen LogP contribution in [0.4, 0.5) is 0 Å². The van der Waals surface area contributed by atoms with E-state index in [9.17, 15) is 9.59 Å². The number of carboxylic acids is 2. The van der Waals surface area contributed by atoms with Crippen molar-refractivity contribution >= 4 is 11.9 Å². The number of benzene rings is 2. The van der Waals surface area contributed by atoms with Crippen LogP contribution in [0.5, 0.6) is 11.5 Å².